The second-order valence-corrected chi connectivity index (χ2v) is 22.6. The number of carbonyl (C=O) groups excluding carboxylic acids is 6. The first-order valence-corrected chi connectivity index (χ1v) is 31.1. The van der Waals surface area contributed by atoms with Gasteiger partial charge in [0.15, 0.2) is 5.76 Å². The van der Waals surface area contributed by atoms with Gasteiger partial charge in [-0.2, -0.15) is 0 Å². The van der Waals surface area contributed by atoms with E-state index < -0.39 is 23.5 Å². The number of hydrogen-bond donors (Lipinski definition) is 0. The van der Waals surface area contributed by atoms with Crippen LogP contribution in [0.5, 0.6) is 0 Å². The van der Waals surface area contributed by atoms with Crippen LogP contribution in [0.3, 0.4) is 0 Å². The van der Waals surface area contributed by atoms with E-state index in [-0.39, 0.29) is 87.6 Å². The third kappa shape index (κ3) is 14.5. The van der Waals surface area contributed by atoms with Crippen molar-refractivity contribution in [1.29, 1.82) is 0 Å². The zero-order valence-electron chi connectivity index (χ0n) is 51.6. The van der Waals surface area contributed by atoms with E-state index in [0.29, 0.717) is 107 Å². The number of pyridine rings is 3. The molecule has 0 atom stereocenters. The molecular formula is C71H83N9O13S. The van der Waals surface area contributed by atoms with Gasteiger partial charge in [0.2, 0.25) is 0 Å². The lowest BCUT2D eigenvalue weighted by Gasteiger charge is -2.37. The van der Waals surface area contributed by atoms with Crippen molar-refractivity contribution < 1.29 is 47.4 Å². The van der Waals surface area contributed by atoms with Gasteiger partial charge in [-0.15, -0.1) is 11.3 Å². The highest BCUT2D eigenvalue weighted by Crippen LogP contribution is 2.34. The van der Waals surface area contributed by atoms with Crippen molar-refractivity contribution in [2.24, 2.45) is 21.1 Å². The number of aryl methyl sites for hydroxylation is 3. The molecule has 0 saturated carbocycles. The minimum absolute atomic E-state index is 0. The molecule has 94 heavy (non-hydrogen) atoms. The number of hydrogen-bond acceptors (Lipinski definition) is 17. The second-order valence-electron chi connectivity index (χ2n) is 21.6. The van der Waals surface area contributed by atoms with Crippen LogP contribution in [-0.4, -0.2) is 162 Å². The maximum Gasteiger partial charge on any atom is 0.345 e. The summed E-state index contributed by atoms with van der Waals surface area (Å²) in [6.07, 6.45) is 1.47. The van der Waals surface area contributed by atoms with Crippen LogP contribution in [0.1, 0.15) is 105 Å². The number of thiophene rings is 1. The van der Waals surface area contributed by atoms with Crippen molar-refractivity contribution >= 4 is 96.7 Å². The molecule has 496 valence electrons. The molecule has 0 bridgehead atoms. The Balaban J connectivity index is 0.000000196. The minimum Gasteiger partial charge on any atom is -0.462 e. The van der Waals surface area contributed by atoms with E-state index in [1.54, 1.807) is 63.8 Å². The van der Waals surface area contributed by atoms with Gasteiger partial charge in [-0.25, -0.2) is 14.4 Å². The first-order chi connectivity index (χ1) is 44.1. The van der Waals surface area contributed by atoms with E-state index in [1.165, 1.54) is 31.3 Å². The zero-order chi connectivity index (χ0) is 64.5. The van der Waals surface area contributed by atoms with Gasteiger partial charge in [-0.05, 0) is 74.7 Å². The maximum absolute atomic E-state index is 13.1. The number of furan rings is 1. The first-order valence-electron chi connectivity index (χ1n) is 30.2. The Morgan fingerprint density at radius 2 is 0.745 bits per heavy atom. The highest BCUT2D eigenvalue weighted by atomic mass is 32.1. The molecule has 3 amide bonds. The number of rotatable bonds is 12. The highest BCUT2D eigenvalue weighted by molar-refractivity contribution is 7.12. The van der Waals surface area contributed by atoms with E-state index >= 15 is 0 Å². The summed E-state index contributed by atoms with van der Waals surface area (Å²) >= 11 is 1.43. The Morgan fingerprint density at radius 3 is 1.07 bits per heavy atom. The Kier molecular flexibility index (Phi) is 24.1. The molecule has 0 radical (unpaired) electrons. The number of ether oxygens (including phenoxy) is 3. The lowest BCUT2D eigenvalue weighted by molar-refractivity contribution is 0.0514. The molecule has 0 spiro atoms. The largest absolute Gasteiger partial charge is 0.462 e. The van der Waals surface area contributed by atoms with Gasteiger partial charge in [0.05, 0.1) is 64.6 Å². The fourth-order valence-electron chi connectivity index (χ4n) is 11.9. The van der Waals surface area contributed by atoms with Crippen LogP contribution in [0.2, 0.25) is 0 Å². The molecule has 23 heteroatoms. The number of esters is 3. The zero-order valence-corrected chi connectivity index (χ0v) is 52.4. The number of amides is 3. The van der Waals surface area contributed by atoms with Crippen LogP contribution in [0.25, 0.3) is 32.7 Å². The Morgan fingerprint density at radius 1 is 0.404 bits per heavy atom. The number of benzene rings is 4. The molecule has 3 fully saturated rings. The summed E-state index contributed by atoms with van der Waals surface area (Å²) in [6.45, 7) is 11.7. The second kappa shape index (κ2) is 31.8. The van der Waals surface area contributed by atoms with Crippen molar-refractivity contribution in [3.63, 3.8) is 0 Å². The fourth-order valence-corrected chi connectivity index (χ4v) is 12.6. The van der Waals surface area contributed by atoms with Crippen LogP contribution in [0.15, 0.2) is 158 Å². The van der Waals surface area contributed by atoms with E-state index in [1.807, 2.05) is 140 Å². The van der Waals surface area contributed by atoms with Gasteiger partial charge < -0.3 is 61.7 Å². The molecule has 3 aliphatic heterocycles. The standard InChI is InChI=1S/C24H25N3O4.C22H23N3O5.C22H23N3O4S.3CH4/c1-3-31-24(30)20-21(18-11-7-8-12-19(18)25(2)23(20)29)26-13-15-27(16-14-26)22(28)17-9-5-4-6-10-17;2*1-3-29-22(28)18-19(15-7-4-5-8-16(15)23(2)21(18)27)24-10-12-25(13-11-24)20(26)17-9-6-14-30-17;;;/h4-12H,3,13-16H2,1-2H3;2*4-9,14H,3,10-13H2,1-2H3;3*1H4. The van der Waals surface area contributed by atoms with E-state index in [0.717, 1.165) is 37.6 Å². The first kappa shape index (κ1) is 71.2. The minimum atomic E-state index is -0.632. The van der Waals surface area contributed by atoms with Crippen LogP contribution < -0.4 is 31.4 Å². The van der Waals surface area contributed by atoms with E-state index in [4.69, 9.17) is 18.6 Å². The molecule has 3 aliphatic rings. The lowest BCUT2D eigenvalue weighted by Crippen LogP contribution is -2.49. The normalized spacial score (nSPS) is 13.7. The van der Waals surface area contributed by atoms with Gasteiger partial charge in [-0.1, -0.05) is 101 Å². The number of piperazine rings is 3. The molecule has 4 aromatic carbocycles. The molecule has 5 aromatic heterocycles. The van der Waals surface area contributed by atoms with Crippen LogP contribution in [-0.2, 0) is 35.4 Å². The Bertz CT molecular complexity index is 4170. The van der Waals surface area contributed by atoms with Gasteiger partial charge in [0.1, 0.15) is 16.7 Å². The SMILES string of the molecule is C.C.C.CCOC(=O)c1c(N2CCN(C(=O)c3ccccc3)CC2)c2ccccc2n(C)c1=O.CCOC(=O)c1c(N2CCN(C(=O)c3ccco3)CC2)c2ccccc2n(C)c1=O.CCOC(=O)c1c(N2CCN(C(=O)c3cccs3)CC2)c2ccccc2n(C)c1=O. The summed E-state index contributed by atoms with van der Waals surface area (Å²) in [7, 11) is 4.97. The van der Waals surface area contributed by atoms with Gasteiger partial charge in [0, 0.05) is 121 Å². The van der Waals surface area contributed by atoms with Crippen molar-refractivity contribution in [3.05, 3.63) is 203 Å². The molecule has 9 aromatic rings. The lowest BCUT2D eigenvalue weighted by atomic mass is 10.1. The molecule has 3 saturated heterocycles. The third-order valence-electron chi connectivity index (χ3n) is 16.4. The molecule has 0 N–H and O–H groups in total. The third-order valence-corrected chi connectivity index (χ3v) is 17.3. The predicted molar refractivity (Wildman–Crippen MR) is 369 cm³/mol. The molecule has 12 rings (SSSR count). The predicted octanol–water partition coefficient (Wildman–Crippen LogP) is 9.60. The summed E-state index contributed by atoms with van der Waals surface area (Å²) in [6, 6.07) is 38.8. The fraction of sp³-hybridized carbons (Fsp3) is 0.338. The maximum atomic E-state index is 13.1. The summed E-state index contributed by atoms with van der Waals surface area (Å²) in [5, 5.41) is 4.32. The van der Waals surface area contributed by atoms with Crippen LogP contribution in [0, 0.1) is 0 Å². The Hall–Kier alpha value is -10.3. The number of nitrogens with zero attached hydrogens (tertiary/aromatic N) is 9. The summed E-state index contributed by atoms with van der Waals surface area (Å²) < 4.78 is 25.3. The van der Waals surface area contributed by atoms with Crippen molar-refractivity contribution in [1.82, 2.24) is 28.4 Å². The van der Waals surface area contributed by atoms with Crippen LogP contribution >= 0.6 is 11.3 Å². The highest BCUT2D eigenvalue weighted by Gasteiger charge is 2.34. The number of aromatic nitrogens is 3. The molecule has 8 heterocycles. The average molecular weight is 1300 g/mol. The van der Waals surface area contributed by atoms with E-state index in [2.05, 4.69) is 0 Å². The molecule has 0 unspecified atom stereocenters. The Labute approximate surface area is 550 Å². The molecule has 0 aliphatic carbocycles. The summed E-state index contributed by atoms with van der Waals surface area (Å²) in [5.41, 5.74) is 3.62. The van der Waals surface area contributed by atoms with Crippen molar-refractivity contribution in [2.45, 2.75) is 43.1 Å². The summed E-state index contributed by atoms with van der Waals surface area (Å²) in [4.78, 5) is 127. The van der Waals surface area contributed by atoms with Crippen molar-refractivity contribution in [2.75, 3.05) is 113 Å². The van der Waals surface area contributed by atoms with Gasteiger partial charge >= 0.3 is 17.9 Å². The van der Waals surface area contributed by atoms with Crippen molar-refractivity contribution in [3.8, 4) is 0 Å². The van der Waals surface area contributed by atoms with Gasteiger partial charge in [0.25, 0.3) is 34.4 Å². The molecular weight excluding hydrogens is 1220 g/mol. The smallest absolute Gasteiger partial charge is 0.345 e. The quantitative estimate of drug-likeness (QED) is 0.0819. The number of carbonyl (C=O) groups is 6. The topological polar surface area (TPSA) is 229 Å². The molecule has 22 nitrogen and oxygen atoms in total. The number of fused-ring (bicyclic) bond motifs is 3. The van der Waals surface area contributed by atoms with Gasteiger partial charge in [-0.3, -0.25) is 28.8 Å². The monoisotopic (exact) mass is 1300 g/mol. The van der Waals surface area contributed by atoms with Crippen LogP contribution in [0.4, 0.5) is 17.1 Å². The number of para-hydroxylation sites is 3. The number of anilines is 3. The average Bonchev–Trinajstić information content (AvgIpc) is 0.901. The van der Waals surface area contributed by atoms with E-state index in [9.17, 15) is 43.2 Å². The summed E-state index contributed by atoms with van der Waals surface area (Å²) in [5.74, 6) is -1.73.